The summed E-state index contributed by atoms with van der Waals surface area (Å²) in [5.74, 6) is -0.0494. The Morgan fingerprint density at radius 2 is 2.11 bits per heavy atom. The zero-order chi connectivity index (χ0) is 12.8. The Morgan fingerprint density at radius 3 is 2.83 bits per heavy atom. The Labute approximate surface area is 110 Å². The van der Waals surface area contributed by atoms with Crippen molar-refractivity contribution in [2.75, 3.05) is 13.2 Å². The van der Waals surface area contributed by atoms with Crippen molar-refractivity contribution in [1.29, 1.82) is 0 Å². The Hall–Kier alpha value is -1.59. The third-order valence-electron chi connectivity index (χ3n) is 2.60. The van der Waals surface area contributed by atoms with E-state index in [0.717, 1.165) is 23.4 Å². The molecule has 0 spiro atoms. The molecule has 0 aliphatic heterocycles. The van der Waals surface area contributed by atoms with Gasteiger partial charge in [-0.25, -0.2) is 0 Å². The lowest BCUT2D eigenvalue weighted by atomic mass is 10.3. The minimum absolute atomic E-state index is 0.0494. The predicted molar refractivity (Wildman–Crippen MR) is 72.3 cm³/mol. The molecule has 0 fully saturated rings. The number of hydrogen-bond donors (Lipinski definition) is 2. The predicted octanol–water partition coefficient (Wildman–Crippen LogP) is 2.04. The van der Waals surface area contributed by atoms with Crippen LogP contribution in [0.1, 0.15) is 22.5 Å². The standard InChI is InChI=1S/C13H16N2O2S/c16-9-4-1-6-14-13(17)12-11(5-10-18-12)15-7-2-3-8-15/h2-3,5,7-8,10,16H,1,4,6,9H2,(H,14,17). The second kappa shape index (κ2) is 6.37. The van der Waals surface area contributed by atoms with Gasteiger partial charge < -0.3 is 15.0 Å². The van der Waals surface area contributed by atoms with E-state index < -0.39 is 0 Å². The van der Waals surface area contributed by atoms with Crippen LogP contribution in [-0.4, -0.2) is 28.7 Å². The highest BCUT2D eigenvalue weighted by Gasteiger charge is 2.13. The molecule has 0 saturated carbocycles. The number of amides is 1. The van der Waals surface area contributed by atoms with Gasteiger partial charge in [-0.3, -0.25) is 4.79 Å². The second-order valence-corrected chi connectivity index (χ2v) is 4.83. The molecule has 0 atom stereocenters. The number of unbranched alkanes of at least 4 members (excludes halogenated alkanes) is 1. The lowest BCUT2D eigenvalue weighted by molar-refractivity contribution is 0.0956. The Morgan fingerprint density at radius 1 is 1.33 bits per heavy atom. The minimum atomic E-state index is -0.0494. The number of aromatic nitrogens is 1. The van der Waals surface area contributed by atoms with Gasteiger partial charge in [0, 0.05) is 25.5 Å². The largest absolute Gasteiger partial charge is 0.396 e. The first-order valence-electron chi connectivity index (χ1n) is 5.93. The van der Waals surface area contributed by atoms with Crippen molar-refractivity contribution in [3.8, 4) is 5.69 Å². The number of nitrogens with one attached hydrogen (secondary N) is 1. The van der Waals surface area contributed by atoms with Gasteiger partial charge in [0.05, 0.1) is 5.69 Å². The molecule has 96 valence electrons. The van der Waals surface area contributed by atoms with Gasteiger partial charge in [0.15, 0.2) is 0 Å². The fourth-order valence-corrected chi connectivity index (χ4v) is 2.50. The summed E-state index contributed by atoms with van der Waals surface area (Å²) < 4.78 is 1.93. The van der Waals surface area contributed by atoms with E-state index in [2.05, 4.69) is 5.32 Å². The monoisotopic (exact) mass is 264 g/mol. The van der Waals surface area contributed by atoms with Crippen molar-refractivity contribution in [1.82, 2.24) is 9.88 Å². The molecule has 2 rings (SSSR count). The van der Waals surface area contributed by atoms with Crippen molar-refractivity contribution < 1.29 is 9.90 Å². The Bertz CT molecular complexity index is 491. The first-order valence-corrected chi connectivity index (χ1v) is 6.81. The summed E-state index contributed by atoms with van der Waals surface area (Å²) in [4.78, 5) is 12.7. The van der Waals surface area contributed by atoms with E-state index in [1.54, 1.807) is 0 Å². The average molecular weight is 264 g/mol. The molecule has 0 bridgehead atoms. The number of aliphatic hydroxyl groups excluding tert-OH is 1. The molecule has 0 aliphatic rings. The molecule has 1 amide bonds. The van der Waals surface area contributed by atoms with Crippen LogP contribution >= 0.6 is 11.3 Å². The molecule has 0 saturated heterocycles. The number of thiophene rings is 1. The van der Waals surface area contributed by atoms with Gasteiger partial charge >= 0.3 is 0 Å². The fraction of sp³-hybridized carbons (Fsp3) is 0.308. The van der Waals surface area contributed by atoms with Gasteiger partial charge in [0.1, 0.15) is 4.88 Å². The summed E-state index contributed by atoms with van der Waals surface area (Å²) in [5.41, 5.74) is 0.907. The number of carbonyl (C=O) groups is 1. The van der Waals surface area contributed by atoms with Gasteiger partial charge in [0.25, 0.3) is 5.91 Å². The molecule has 2 aromatic rings. The smallest absolute Gasteiger partial charge is 0.263 e. The topological polar surface area (TPSA) is 54.3 Å². The van der Waals surface area contributed by atoms with Crippen molar-refractivity contribution in [2.24, 2.45) is 0 Å². The lowest BCUT2D eigenvalue weighted by Crippen LogP contribution is -2.24. The van der Waals surface area contributed by atoms with Crippen LogP contribution in [0.2, 0.25) is 0 Å². The summed E-state index contributed by atoms with van der Waals surface area (Å²) in [6.45, 7) is 0.770. The molecule has 0 unspecified atom stereocenters. The van der Waals surface area contributed by atoms with Crippen LogP contribution in [-0.2, 0) is 0 Å². The van der Waals surface area contributed by atoms with E-state index in [1.807, 2.05) is 40.5 Å². The summed E-state index contributed by atoms with van der Waals surface area (Å²) in [6.07, 6.45) is 5.36. The maximum Gasteiger partial charge on any atom is 0.263 e. The molecule has 5 heteroatoms. The average Bonchev–Trinajstić information content (AvgIpc) is 3.02. The van der Waals surface area contributed by atoms with Crippen molar-refractivity contribution in [3.63, 3.8) is 0 Å². The molecule has 0 radical (unpaired) electrons. The summed E-state index contributed by atoms with van der Waals surface area (Å²) in [6, 6.07) is 5.80. The first kappa shape index (κ1) is 12.9. The summed E-state index contributed by atoms with van der Waals surface area (Å²) in [5, 5.41) is 13.5. The van der Waals surface area contributed by atoms with E-state index in [0.29, 0.717) is 6.54 Å². The SMILES string of the molecule is O=C(NCCCCO)c1sccc1-n1cccc1. The molecule has 2 aromatic heterocycles. The third kappa shape index (κ3) is 3.00. The molecule has 0 aromatic carbocycles. The highest BCUT2D eigenvalue weighted by Crippen LogP contribution is 2.21. The van der Waals surface area contributed by atoms with E-state index >= 15 is 0 Å². The van der Waals surface area contributed by atoms with Crippen LogP contribution in [0.3, 0.4) is 0 Å². The normalized spacial score (nSPS) is 10.5. The van der Waals surface area contributed by atoms with Gasteiger partial charge in [-0.2, -0.15) is 0 Å². The van der Waals surface area contributed by atoms with Gasteiger partial charge in [-0.15, -0.1) is 11.3 Å². The number of carbonyl (C=O) groups excluding carboxylic acids is 1. The van der Waals surface area contributed by atoms with E-state index in [4.69, 9.17) is 5.11 Å². The molecular weight excluding hydrogens is 248 g/mol. The maximum absolute atomic E-state index is 12.0. The molecule has 18 heavy (non-hydrogen) atoms. The molecule has 4 nitrogen and oxygen atoms in total. The van der Waals surface area contributed by atoms with Crippen LogP contribution in [0.5, 0.6) is 0 Å². The van der Waals surface area contributed by atoms with Gasteiger partial charge in [-0.05, 0) is 36.4 Å². The summed E-state index contributed by atoms with van der Waals surface area (Å²) >= 11 is 1.44. The lowest BCUT2D eigenvalue weighted by Gasteiger charge is -2.06. The van der Waals surface area contributed by atoms with Gasteiger partial charge in [-0.1, -0.05) is 0 Å². The van der Waals surface area contributed by atoms with Crippen LogP contribution in [0.4, 0.5) is 0 Å². The highest BCUT2D eigenvalue weighted by molar-refractivity contribution is 7.12. The summed E-state index contributed by atoms with van der Waals surface area (Å²) in [7, 11) is 0. The zero-order valence-electron chi connectivity index (χ0n) is 10.0. The van der Waals surface area contributed by atoms with Crippen LogP contribution in [0.15, 0.2) is 36.0 Å². The number of nitrogens with zero attached hydrogens (tertiary/aromatic N) is 1. The van der Waals surface area contributed by atoms with Crippen LogP contribution in [0.25, 0.3) is 5.69 Å². The van der Waals surface area contributed by atoms with Crippen molar-refractivity contribution in [3.05, 3.63) is 40.8 Å². The van der Waals surface area contributed by atoms with Crippen LogP contribution in [0, 0.1) is 0 Å². The second-order valence-electron chi connectivity index (χ2n) is 3.91. The number of rotatable bonds is 6. The van der Waals surface area contributed by atoms with Crippen molar-refractivity contribution in [2.45, 2.75) is 12.8 Å². The Kier molecular flexibility index (Phi) is 4.55. The first-order chi connectivity index (χ1) is 8.83. The van der Waals surface area contributed by atoms with E-state index in [-0.39, 0.29) is 12.5 Å². The maximum atomic E-state index is 12.0. The van der Waals surface area contributed by atoms with Gasteiger partial charge in [0.2, 0.25) is 0 Å². The van der Waals surface area contributed by atoms with E-state index in [1.165, 1.54) is 11.3 Å². The highest BCUT2D eigenvalue weighted by atomic mass is 32.1. The molecular formula is C13H16N2O2S. The molecule has 0 aliphatic carbocycles. The molecule has 2 heterocycles. The number of aliphatic hydroxyl groups is 1. The van der Waals surface area contributed by atoms with E-state index in [9.17, 15) is 4.79 Å². The Balaban J connectivity index is 2.01. The number of hydrogen-bond acceptors (Lipinski definition) is 3. The third-order valence-corrected chi connectivity index (χ3v) is 3.51. The minimum Gasteiger partial charge on any atom is -0.396 e. The fourth-order valence-electron chi connectivity index (χ4n) is 1.69. The zero-order valence-corrected chi connectivity index (χ0v) is 10.8. The van der Waals surface area contributed by atoms with Crippen molar-refractivity contribution >= 4 is 17.2 Å². The van der Waals surface area contributed by atoms with Crippen LogP contribution < -0.4 is 5.32 Å². The molecule has 2 N–H and O–H groups in total. The quantitative estimate of drug-likeness (QED) is 0.784.